The molecule has 1 aliphatic rings. The van der Waals surface area contributed by atoms with Gasteiger partial charge in [0.05, 0.1) is 25.4 Å². The number of carbonyl (C=O) groups excluding carboxylic acids is 1. The number of thiophene rings is 1. The van der Waals surface area contributed by atoms with Crippen molar-refractivity contribution in [1.82, 2.24) is 0 Å². The van der Waals surface area contributed by atoms with Crippen molar-refractivity contribution in [3.63, 3.8) is 0 Å². The first kappa shape index (κ1) is 23.4. The summed E-state index contributed by atoms with van der Waals surface area (Å²) in [6, 6.07) is 10.9. The predicted molar refractivity (Wildman–Crippen MR) is 122 cm³/mol. The topological polar surface area (TPSA) is 87.1 Å². The molecule has 7 heteroatoms. The highest BCUT2D eigenvalue weighted by Gasteiger charge is 2.37. The Balaban J connectivity index is 1.61. The van der Waals surface area contributed by atoms with Gasteiger partial charge in [-0.25, -0.2) is 4.79 Å². The van der Waals surface area contributed by atoms with Gasteiger partial charge in [-0.1, -0.05) is 45.2 Å². The van der Waals surface area contributed by atoms with Crippen molar-refractivity contribution in [3.05, 3.63) is 51.7 Å². The Hall–Kier alpha value is -2.22. The highest BCUT2D eigenvalue weighted by Crippen LogP contribution is 2.32. The number of anilines is 1. The quantitative estimate of drug-likeness (QED) is 0.474. The lowest BCUT2D eigenvalue weighted by molar-refractivity contribution is -0.120. The van der Waals surface area contributed by atoms with E-state index >= 15 is 0 Å². The van der Waals surface area contributed by atoms with Gasteiger partial charge in [0.2, 0.25) is 5.91 Å². The molecule has 2 aromatic rings. The van der Waals surface area contributed by atoms with Crippen LogP contribution in [0.15, 0.2) is 36.4 Å². The predicted octanol–water partition coefficient (Wildman–Crippen LogP) is 5.02. The van der Waals surface area contributed by atoms with E-state index in [1.54, 1.807) is 17.0 Å². The third kappa shape index (κ3) is 5.93. The van der Waals surface area contributed by atoms with Gasteiger partial charge in [0.25, 0.3) is 0 Å². The Morgan fingerprint density at radius 3 is 2.61 bits per heavy atom. The average Bonchev–Trinajstić information content (AvgIpc) is 3.33. The highest BCUT2D eigenvalue weighted by molar-refractivity contribution is 7.13. The number of hydrogen-bond acceptors (Lipinski definition) is 5. The summed E-state index contributed by atoms with van der Waals surface area (Å²) in [6.07, 6.45) is 4.21. The number of amides is 1. The fraction of sp³-hybridized carbons (Fsp3) is 0.500. The summed E-state index contributed by atoms with van der Waals surface area (Å²) < 4.78 is 5.85. The van der Waals surface area contributed by atoms with Gasteiger partial charge in [0, 0.05) is 16.5 Å². The zero-order chi connectivity index (χ0) is 22.4. The summed E-state index contributed by atoms with van der Waals surface area (Å²) in [5.74, 6) is -0.932. The number of carboxylic acid groups (broad SMARTS) is 1. The van der Waals surface area contributed by atoms with Gasteiger partial charge in [-0.2, -0.15) is 0 Å². The maximum absolute atomic E-state index is 12.8. The minimum atomic E-state index is -0.934. The molecule has 3 atom stereocenters. The lowest BCUT2D eigenvalue weighted by atomic mass is 10.0. The standard InChI is InChI=1S/C24H31NO5S/c1-3-4-5-6-21(26)17-7-9-18(10-8-17)25-19(13-16(2)23(25)27)14-30-15-20-11-12-22(31-20)24(28)29/h7-12,16,19,21,26H,3-6,13-15H2,1-2H3,(H,28,29). The Labute approximate surface area is 187 Å². The largest absolute Gasteiger partial charge is 0.477 e. The van der Waals surface area contributed by atoms with Crippen molar-refractivity contribution < 1.29 is 24.5 Å². The summed E-state index contributed by atoms with van der Waals surface area (Å²) in [6.45, 7) is 4.79. The monoisotopic (exact) mass is 445 g/mol. The van der Waals surface area contributed by atoms with Crippen molar-refractivity contribution in [2.75, 3.05) is 11.5 Å². The van der Waals surface area contributed by atoms with Crippen LogP contribution in [0.25, 0.3) is 0 Å². The first-order valence-corrected chi connectivity index (χ1v) is 11.7. The fourth-order valence-corrected chi connectivity index (χ4v) is 4.77. The van der Waals surface area contributed by atoms with Gasteiger partial charge in [0.1, 0.15) is 4.88 Å². The summed E-state index contributed by atoms with van der Waals surface area (Å²) in [5, 5.41) is 19.4. The van der Waals surface area contributed by atoms with Crippen LogP contribution >= 0.6 is 11.3 Å². The molecule has 31 heavy (non-hydrogen) atoms. The van der Waals surface area contributed by atoms with E-state index in [4.69, 9.17) is 9.84 Å². The van der Waals surface area contributed by atoms with E-state index in [-0.39, 0.29) is 17.9 Å². The second-order valence-corrected chi connectivity index (χ2v) is 9.36. The Morgan fingerprint density at radius 1 is 1.23 bits per heavy atom. The molecule has 0 radical (unpaired) electrons. The number of rotatable bonds is 11. The van der Waals surface area contributed by atoms with Crippen molar-refractivity contribution in [3.8, 4) is 0 Å². The number of aliphatic hydroxyl groups excluding tert-OH is 1. The molecule has 0 spiro atoms. The summed E-state index contributed by atoms with van der Waals surface area (Å²) >= 11 is 1.20. The molecule has 168 valence electrons. The molecule has 1 saturated heterocycles. The molecule has 3 unspecified atom stereocenters. The molecule has 1 fully saturated rings. The van der Waals surface area contributed by atoms with Crippen molar-refractivity contribution in [2.24, 2.45) is 5.92 Å². The molecule has 1 aromatic carbocycles. The molecule has 1 aliphatic heterocycles. The second-order valence-electron chi connectivity index (χ2n) is 8.19. The van der Waals surface area contributed by atoms with Crippen LogP contribution in [0.4, 0.5) is 5.69 Å². The van der Waals surface area contributed by atoms with E-state index in [1.165, 1.54) is 11.3 Å². The van der Waals surface area contributed by atoms with E-state index in [1.807, 2.05) is 31.2 Å². The van der Waals surface area contributed by atoms with Gasteiger partial charge in [-0.15, -0.1) is 11.3 Å². The zero-order valence-electron chi connectivity index (χ0n) is 18.1. The minimum Gasteiger partial charge on any atom is -0.477 e. The Bertz CT molecular complexity index is 878. The van der Waals surface area contributed by atoms with E-state index in [2.05, 4.69) is 6.92 Å². The van der Waals surface area contributed by atoms with Crippen LogP contribution in [0.1, 0.15) is 72.2 Å². The summed E-state index contributed by atoms with van der Waals surface area (Å²) in [7, 11) is 0. The van der Waals surface area contributed by atoms with E-state index in [0.29, 0.717) is 24.5 Å². The molecule has 1 aromatic heterocycles. The van der Waals surface area contributed by atoms with Crippen molar-refractivity contribution >= 4 is 28.9 Å². The molecular formula is C24H31NO5S. The van der Waals surface area contributed by atoms with Gasteiger partial charge < -0.3 is 19.8 Å². The van der Waals surface area contributed by atoms with Crippen LogP contribution in [0, 0.1) is 5.92 Å². The van der Waals surface area contributed by atoms with E-state index in [0.717, 1.165) is 41.8 Å². The number of aromatic carboxylic acids is 1. The zero-order valence-corrected chi connectivity index (χ0v) is 18.9. The molecule has 2 heterocycles. The number of carboxylic acids is 1. The van der Waals surface area contributed by atoms with E-state index in [9.17, 15) is 14.7 Å². The summed E-state index contributed by atoms with van der Waals surface area (Å²) in [5.41, 5.74) is 1.69. The minimum absolute atomic E-state index is 0.0678. The number of ether oxygens (including phenoxy) is 1. The Kier molecular flexibility index (Phi) is 8.23. The lowest BCUT2D eigenvalue weighted by Crippen LogP contribution is -2.36. The average molecular weight is 446 g/mol. The van der Waals surface area contributed by atoms with Gasteiger partial charge in [-0.05, 0) is 42.7 Å². The molecule has 3 rings (SSSR count). The normalized spacial score (nSPS) is 19.7. The third-order valence-corrected chi connectivity index (χ3v) is 6.76. The third-order valence-electron chi connectivity index (χ3n) is 5.71. The first-order valence-electron chi connectivity index (χ1n) is 10.9. The van der Waals surface area contributed by atoms with Crippen LogP contribution < -0.4 is 4.90 Å². The second kappa shape index (κ2) is 10.9. The van der Waals surface area contributed by atoms with Crippen LogP contribution in [0.2, 0.25) is 0 Å². The maximum Gasteiger partial charge on any atom is 0.345 e. The maximum atomic E-state index is 12.8. The molecular weight excluding hydrogens is 414 g/mol. The number of carbonyl (C=O) groups is 2. The lowest BCUT2D eigenvalue weighted by Gasteiger charge is -2.25. The highest BCUT2D eigenvalue weighted by atomic mass is 32.1. The number of benzene rings is 1. The van der Waals surface area contributed by atoms with Crippen LogP contribution in [0.5, 0.6) is 0 Å². The fourth-order valence-electron chi connectivity index (χ4n) is 3.99. The van der Waals surface area contributed by atoms with Gasteiger partial charge in [0.15, 0.2) is 0 Å². The molecule has 0 bridgehead atoms. The number of nitrogens with zero attached hydrogens (tertiary/aromatic N) is 1. The first-order chi connectivity index (χ1) is 14.9. The van der Waals surface area contributed by atoms with E-state index < -0.39 is 12.1 Å². The smallest absolute Gasteiger partial charge is 0.345 e. The number of aliphatic hydroxyl groups is 1. The van der Waals surface area contributed by atoms with Gasteiger partial charge in [-0.3, -0.25) is 4.79 Å². The number of hydrogen-bond donors (Lipinski definition) is 2. The SMILES string of the molecule is CCCCCC(O)c1ccc(N2C(=O)C(C)CC2COCc2ccc(C(=O)O)s2)cc1. The molecule has 0 saturated carbocycles. The summed E-state index contributed by atoms with van der Waals surface area (Å²) in [4.78, 5) is 26.7. The molecule has 0 aliphatic carbocycles. The molecule has 1 amide bonds. The molecule has 2 N–H and O–H groups in total. The Morgan fingerprint density at radius 2 is 1.97 bits per heavy atom. The van der Waals surface area contributed by atoms with Crippen molar-refractivity contribution in [1.29, 1.82) is 0 Å². The van der Waals surface area contributed by atoms with Crippen LogP contribution in [0.3, 0.4) is 0 Å². The van der Waals surface area contributed by atoms with Crippen LogP contribution in [-0.2, 0) is 16.1 Å². The van der Waals surface area contributed by atoms with Crippen LogP contribution in [-0.4, -0.2) is 34.7 Å². The van der Waals surface area contributed by atoms with Gasteiger partial charge >= 0.3 is 5.97 Å². The number of unbranched alkanes of at least 4 members (excludes halogenated alkanes) is 2. The molecule has 6 nitrogen and oxygen atoms in total. The van der Waals surface area contributed by atoms with Crippen molar-refractivity contribution in [2.45, 2.75) is 64.7 Å².